The van der Waals surface area contributed by atoms with Crippen LogP contribution in [-0.4, -0.2) is 26.4 Å². The largest absolute Gasteiger partial charge is 0.416 e. The third kappa shape index (κ3) is 4.78. The third-order valence-corrected chi connectivity index (χ3v) is 5.97. The van der Waals surface area contributed by atoms with Gasteiger partial charge in [-0.15, -0.1) is 0 Å². The quantitative estimate of drug-likeness (QED) is 0.562. The second kappa shape index (κ2) is 7.90. The van der Waals surface area contributed by atoms with Crippen LogP contribution in [-0.2, 0) is 16.2 Å². The summed E-state index contributed by atoms with van der Waals surface area (Å²) in [7, 11) is -4.34. The van der Waals surface area contributed by atoms with Crippen molar-refractivity contribution in [2.75, 3.05) is 22.7 Å². The average Bonchev–Trinajstić information content (AvgIpc) is 2.67. The van der Waals surface area contributed by atoms with Crippen molar-refractivity contribution in [3.05, 3.63) is 58.1 Å². The average molecular weight is 429 g/mol. The first-order valence-corrected chi connectivity index (χ1v) is 10.3. The zero-order chi connectivity index (χ0) is 21.2. The highest BCUT2D eigenvalue weighted by Gasteiger charge is 2.32. The van der Waals surface area contributed by atoms with Gasteiger partial charge < -0.3 is 4.90 Å². The van der Waals surface area contributed by atoms with E-state index in [4.69, 9.17) is 0 Å². The van der Waals surface area contributed by atoms with Gasteiger partial charge in [-0.2, -0.15) is 13.2 Å². The Morgan fingerprint density at radius 2 is 1.72 bits per heavy atom. The van der Waals surface area contributed by atoms with Crippen molar-refractivity contribution in [3.63, 3.8) is 0 Å². The van der Waals surface area contributed by atoms with Gasteiger partial charge in [0.15, 0.2) is 0 Å². The second-order valence-electron chi connectivity index (χ2n) is 6.64. The minimum atomic E-state index is -4.65. The first-order chi connectivity index (χ1) is 13.6. The van der Waals surface area contributed by atoms with Gasteiger partial charge in [-0.1, -0.05) is 6.07 Å². The van der Waals surface area contributed by atoms with Crippen LogP contribution in [0.15, 0.2) is 47.4 Å². The molecule has 29 heavy (non-hydrogen) atoms. The Kier molecular flexibility index (Phi) is 5.69. The van der Waals surface area contributed by atoms with Crippen molar-refractivity contribution < 1.29 is 26.5 Å². The Balaban J connectivity index is 2.03. The van der Waals surface area contributed by atoms with Crippen molar-refractivity contribution in [1.82, 2.24) is 0 Å². The summed E-state index contributed by atoms with van der Waals surface area (Å²) < 4.78 is 67.2. The lowest BCUT2D eigenvalue weighted by molar-refractivity contribution is -0.385. The van der Waals surface area contributed by atoms with Gasteiger partial charge in [0.2, 0.25) is 0 Å². The maximum atomic E-state index is 13.2. The van der Waals surface area contributed by atoms with Crippen LogP contribution in [0.25, 0.3) is 0 Å². The first kappa shape index (κ1) is 20.9. The van der Waals surface area contributed by atoms with Crippen LogP contribution in [0.5, 0.6) is 0 Å². The number of piperidine rings is 1. The fourth-order valence-corrected chi connectivity index (χ4v) is 4.28. The standard InChI is InChI=1S/C18H18F3N3O4S/c19-18(20,21)13-7-8-17(23-9-2-1-3-10-23)16(11-13)22-29(27,28)15-6-4-5-14(12-15)24(25)26/h4-8,11-12,22H,1-3,9-10H2. The molecule has 1 saturated heterocycles. The number of nitro groups is 1. The number of hydrogen-bond donors (Lipinski definition) is 1. The summed E-state index contributed by atoms with van der Waals surface area (Å²) in [5, 5.41) is 10.9. The number of nitrogens with zero attached hydrogens (tertiary/aromatic N) is 2. The summed E-state index contributed by atoms with van der Waals surface area (Å²) in [6, 6.07) is 7.24. The lowest BCUT2D eigenvalue weighted by Crippen LogP contribution is -2.30. The molecule has 156 valence electrons. The van der Waals surface area contributed by atoms with Crippen molar-refractivity contribution >= 4 is 27.1 Å². The molecule has 2 aromatic carbocycles. The number of benzene rings is 2. The van der Waals surface area contributed by atoms with Gasteiger partial charge in [0.05, 0.1) is 26.8 Å². The predicted octanol–water partition coefficient (Wildman–Crippen LogP) is 4.40. The molecule has 0 aromatic heterocycles. The Labute approximate surface area is 165 Å². The number of rotatable bonds is 5. The highest BCUT2D eigenvalue weighted by molar-refractivity contribution is 7.92. The van der Waals surface area contributed by atoms with Crippen LogP contribution in [0.1, 0.15) is 24.8 Å². The van der Waals surface area contributed by atoms with Crippen LogP contribution >= 0.6 is 0 Å². The first-order valence-electron chi connectivity index (χ1n) is 8.81. The molecule has 2 aromatic rings. The van der Waals surface area contributed by atoms with Gasteiger partial charge in [0, 0.05) is 25.2 Å². The molecule has 3 rings (SSSR count). The van der Waals surface area contributed by atoms with Crippen LogP contribution in [0.4, 0.5) is 30.2 Å². The van der Waals surface area contributed by atoms with Gasteiger partial charge in [-0.25, -0.2) is 8.42 Å². The predicted molar refractivity (Wildman–Crippen MR) is 101 cm³/mol. The van der Waals surface area contributed by atoms with E-state index in [-0.39, 0.29) is 5.69 Å². The van der Waals surface area contributed by atoms with Crippen LogP contribution in [0.3, 0.4) is 0 Å². The molecule has 1 fully saturated rings. The lowest BCUT2D eigenvalue weighted by Gasteiger charge is -2.31. The van der Waals surface area contributed by atoms with Crippen LogP contribution in [0.2, 0.25) is 0 Å². The van der Waals surface area contributed by atoms with E-state index in [1.165, 1.54) is 12.1 Å². The van der Waals surface area contributed by atoms with E-state index in [0.717, 1.165) is 49.6 Å². The Bertz CT molecular complexity index is 1020. The minimum Gasteiger partial charge on any atom is -0.370 e. The maximum absolute atomic E-state index is 13.2. The molecule has 11 heteroatoms. The Hall–Kier alpha value is -2.82. The number of hydrogen-bond acceptors (Lipinski definition) is 5. The summed E-state index contributed by atoms with van der Waals surface area (Å²) in [5.41, 5.74) is -1.30. The fourth-order valence-electron chi connectivity index (χ4n) is 3.17. The van der Waals surface area contributed by atoms with Gasteiger partial charge in [-0.05, 0) is 43.5 Å². The summed E-state index contributed by atoms with van der Waals surface area (Å²) in [5.74, 6) is 0. The van der Waals surface area contributed by atoms with Crippen molar-refractivity contribution in [2.45, 2.75) is 30.3 Å². The number of anilines is 2. The third-order valence-electron chi connectivity index (χ3n) is 4.60. The highest BCUT2D eigenvalue weighted by Crippen LogP contribution is 2.37. The van der Waals surface area contributed by atoms with Gasteiger partial charge in [0.1, 0.15) is 0 Å². The second-order valence-corrected chi connectivity index (χ2v) is 8.32. The molecule has 0 atom stereocenters. The van der Waals surface area contributed by atoms with Gasteiger partial charge in [0.25, 0.3) is 15.7 Å². The fraction of sp³-hybridized carbons (Fsp3) is 0.333. The molecule has 7 nitrogen and oxygen atoms in total. The van der Waals surface area contributed by atoms with Crippen molar-refractivity contribution in [2.24, 2.45) is 0 Å². The molecule has 1 N–H and O–H groups in total. The summed E-state index contributed by atoms with van der Waals surface area (Å²) >= 11 is 0. The molecule has 0 unspecified atom stereocenters. The van der Waals surface area contributed by atoms with Crippen molar-refractivity contribution in [1.29, 1.82) is 0 Å². The zero-order valence-electron chi connectivity index (χ0n) is 15.1. The molecular weight excluding hydrogens is 411 g/mol. The van der Waals surface area contributed by atoms with E-state index >= 15 is 0 Å². The van der Waals surface area contributed by atoms with E-state index < -0.39 is 37.3 Å². The van der Waals surface area contributed by atoms with E-state index in [2.05, 4.69) is 4.72 Å². The maximum Gasteiger partial charge on any atom is 0.416 e. The van der Waals surface area contributed by atoms with Gasteiger partial charge in [-0.3, -0.25) is 14.8 Å². The topological polar surface area (TPSA) is 92.5 Å². The zero-order valence-corrected chi connectivity index (χ0v) is 16.0. The highest BCUT2D eigenvalue weighted by atomic mass is 32.2. The molecule has 0 spiro atoms. The number of non-ortho nitro benzene ring substituents is 1. The minimum absolute atomic E-state index is 0.215. The summed E-state index contributed by atoms with van der Waals surface area (Å²) in [6.07, 6.45) is -1.96. The summed E-state index contributed by atoms with van der Waals surface area (Å²) in [4.78, 5) is 11.6. The number of nitrogens with one attached hydrogen (secondary N) is 1. The molecule has 0 saturated carbocycles. The van der Waals surface area contributed by atoms with Crippen molar-refractivity contribution in [3.8, 4) is 0 Å². The normalized spacial score (nSPS) is 15.2. The van der Waals surface area contributed by atoms with E-state index in [1.54, 1.807) is 0 Å². The molecule has 0 amide bonds. The molecular formula is C18H18F3N3O4S. The molecule has 1 heterocycles. The lowest BCUT2D eigenvalue weighted by atomic mass is 10.1. The number of sulfonamides is 1. The van der Waals surface area contributed by atoms with E-state index in [1.807, 2.05) is 4.90 Å². The van der Waals surface area contributed by atoms with Gasteiger partial charge >= 0.3 is 6.18 Å². The molecule has 0 aliphatic carbocycles. The molecule has 0 radical (unpaired) electrons. The van der Waals surface area contributed by atoms with Crippen LogP contribution in [0, 0.1) is 10.1 Å². The molecule has 1 aliphatic heterocycles. The molecule has 1 aliphatic rings. The van der Waals surface area contributed by atoms with Crippen LogP contribution < -0.4 is 9.62 Å². The monoisotopic (exact) mass is 429 g/mol. The number of nitro benzene ring substituents is 1. The number of alkyl halides is 3. The Morgan fingerprint density at radius 1 is 1.03 bits per heavy atom. The Morgan fingerprint density at radius 3 is 2.34 bits per heavy atom. The van der Waals surface area contributed by atoms with E-state index in [9.17, 15) is 31.7 Å². The summed E-state index contributed by atoms with van der Waals surface area (Å²) in [6.45, 7) is 1.19. The number of halogens is 3. The van der Waals surface area contributed by atoms with E-state index in [0.29, 0.717) is 18.8 Å². The smallest absolute Gasteiger partial charge is 0.370 e. The SMILES string of the molecule is O=[N+]([O-])c1cccc(S(=O)(=O)Nc2cc(C(F)(F)F)ccc2N2CCCCC2)c1. The molecule has 0 bridgehead atoms.